The van der Waals surface area contributed by atoms with E-state index in [1.54, 1.807) is 44.2 Å². The molecule has 1 amide bonds. The number of carbonyl (C=O) groups is 2. The van der Waals surface area contributed by atoms with Crippen molar-refractivity contribution >= 4 is 23.3 Å². The first-order chi connectivity index (χ1) is 11.7. The lowest BCUT2D eigenvalue weighted by molar-refractivity contribution is -0.124. The fraction of sp³-hybridized carbons (Fsp3) is 0.263. The third-order valence-electron chi connectivity index (χ3n) is 3.69. The highest BCUT2D eigenvalue weighted by atomic mass is 35.5. The van der Waals surface area contributed by atoms with Crippen molar-refractivity contribution in [3.05, 3.63) is 64.4 Å². The molecular formula is C19H19ClFNO3. The number of Topliss-reactive ketones (excluding diaryl/α,β-unsaturated/α-hetero) is 1. The second-order valence-electron chi connectivity index (χ2n) is 6.17. The van der Waals surface area contributed by atoms with Gasteiger partial charge < -0.3 is 10.1 Å². The minimum atomic E-state index is -0.788. The summed E-state index contributed by atoms with van der Waals surface area (Å²) in [4.78, 5) is 23.4. The first-order valence-electron chi connectivity index (χ1n) is 7.69. The molecule has 2 aromatic rings. The number of rotatable bonds is 6. The van der Waals surface area contributed by atoms with Gasteiger partial charge in [0, 0.05) is 10.6 Å². The molecule has 0 unspecified atom stereocenters. The molecule has 0 spiro atoms. The number of benzene rings is 2. The van der Waals surface area contributed by atoms with Gasteiger partial charge in [-0.2, -0.15) is 0 Å². The zero-order valence-corrected chi connectivity index (χ0v) is 15.0. The van der Waals surface area contributed by atoms with E-state index >= 15 is 0 Å². The highest BCUT2D eigenvalue weighted by Gasteiger charge is 2.25. The Bertz CT molecular complexity index is 788. The van der Waals surface area contributed by atoms with Gasteiger partial charge in [0.15, 0.2) is 12.4 Å². The second-order valence-corrected chi connectivity index (χ2v) is 6.57. The Morgan fingerprint density at radius 3 is 2.36 bits per heavy atom. The normalized spacial score (nSPS) is 11.1. The fourth-order valence-corrected chi connectivity index (χ4v) is 2.79. The summed E-state index contributed by atoms with van der Waals surface area (Å²) in [6, 6.07) is 10.6. The molecule has 0 radical (unpaired) electrons. The lowest BCUT2D eigenvalue weighted by atomic mass is 9.94. The standard InChI is InChI=1S/C19H19ClFNO3/c1-12(23)13-4-7-15(8-5-13)25-11-18(24)22-19(2,3)16-9-6-14(21)10-17(16)20/h4-10H,11H2,1-3H3,(H,22,24). The van der Waals surface area contributed by atoms with Crippen LogP contribution in [0.1, 0.15) is 36.7 Å². The van der Waals surface area contributed by atoms with Crippen molar-refractivity contribution in [1.82, 2.24) is 5.32 Å². The Balaban J connectivity index is 1.97. The van der Waals surface area contributed by atoms with E-state index in [9.17, 15) is 14.0 Å². The van der Waals surface area contributed by atoms with Gasteiger partial charge in [-0.15, -0.1) is 0 Å². The van der Waals surface area contributed by atoms with Gasteiger partial charge in [-0.3, -0.25) is 9.59 Å². The quantitative estimate of drug-likeness (QED) is 0.786. The SMILES string of the molecule is CC(=O)c1ccc(OCC(=O)NC(C)(C)c2ccc(F)cc2Cl)cc1. The lowest BCUT2D eigenvalue weighted by Crippen LogP contribution is -2.43. The molecule has 0 bridgehead atoms. The summed E-state index contributed by atoms with van der Waals surface area (Å²) in [5, 5.41) is 3.05. The predicted molar refractivity (Wildman–Crippen MR) is 94.5 cm³/mol. The molecule has 1 N–H and O–H groups in total. The number of carbonyl (C=O) groups excluding carboxylic acids is 2. The van der Waals surface area contributed by atoms with Gasteiger partial charge >= 0.3 is 0 Å². The van der Waals surface area contributed by atoms with Crippen molar-refractivity contribution < 1.29 is 18.7 Å². The van der Waals surface area contributed by atoms with Crippen LogP contribution >= 0.6 is 11.6 Å². The molecule has 0 atom stereocenters. The van der Waals surface area contributed by atoms with Crippen LogP contribution in [0.4, 0.5) is 4.39 Å². The van der Waals surface area contributed by atoms with E-state index in [1.807, 2.05) is 0 Å². The van der Waals surface area contributed by atoms with Gasteiger partial charge in [-0.25, -0.2) is 4.39 Å². The molecule has 0 aliphatic heterocycles. The Hall–Kier alpha value is -2.40. The molecule has 132 valence electrons. The van der Waals surface area contributed by atoms with Gasteiger partial charge in [-0.05, 0) is 62.7 Å². The van der Waals surface area contributed by atoms with E-state index < -0.39 is 11.4 Å². The Morgan fingerprint density at radius 1 is 1.16 bits per heavy atom. The van der Waals surface area contributed by atoms with E-state index in [1.165, 1.54) is 19.1 Å². The average molecular weight is 364 g/mol. The third-order valence-corrected chi connectivity index (χ3v) is 4.00. The van der Waals surface area contributed by atoms with Crippen LogP contribution in [0.2, 0.25) is 5.02 Å². The molecule has 4 nitrogen and oxygen atoms in total. The Kier molecular flexibility index (Phi) is 5.80. The van der Waals surface area contributed by atoms with Crippen molar-refractivity contribution in [3.63, 3.8) is 0 Å². The third kappa shape index (κ3) is 5.03. The van der Waals surface area contributed by atoms with Crippen molar-refractivity contribution in [3.8, 4) is 5.75 Å². The van der Waals surface area contributed by atoms with Crippen LogP contribution in [0.15, 0.2) is 42.5 Å². The fourth-order valence-electron chi connectivity index (χ4n) is 2.38. The molecule has 2 rings (SSSR count). The first kappa shape index (κ1) is 18.9. The maximum atomic E-state index is 13.2. The molecule has 0 fully saturated rings. The average Bonchev–Trinajstić information content (AvgIpc) is 2.52. The number of hydrogen-bond donors (Lipinski definition) is 1. The van der Waals surface area contributed by atoms with Crippen molar-refractivity contribution in [2.75, 3.05) is 6.61 Å². The molecule has 2 aromatic carbocycles. The lowest BCUT2D eigenvalue weighted by Gasteiger charge is -2.28. The summed E-state index contributed by atoms with van der Waals surface area (Å²) in [6.45, 7) is 4.82. The van der Waals surface area contributed by atoms with Crippen LogP contribution in [-0.4, -0.2) is 18.3 Å². The van der Waals surface area contributed by atoms with E-state index in [0.29, 0.717) is 16.9 Å². The summed E-state index contributed by atoms with van der Waals surface area (Å²) in [5.74, 6) is -0.339. The number of amides is 1. The zero-order chi connectivity index (χ0) is 18.6. The molecule has 0 aliphatic rings. The van der Waals surface area contributed by atoms with Crippen LogP contribution in [-0.2, 0) is 10.3 Å². The van der Waals surface area contributed by atoms with E-state index in [2.05, 4.69) is 5.32 Å². The molecule has 0 aromatic heterocycles. The molecular weight excluding hydrogens is 345 g/mol. The maximum Gasteiger partial charge on any atom is 0.258 e. The first-order valence-corrected chi connectivity index (χ1v) is 8.07. The van der Waals surface area contributed by atoms with E-state index in [-0.39, 0.29) is 23.3 Å². The number of hydrogen-bond acceptors (Lipinski definition) is 3. The number of nitrogens with one attached hydrogen (secondary N) is 1. The molecule has 0 aliphatic carbocycles. The van der Waals surface area contributed by atoms with Crippen LogP contribution in [0.5, 0.6) is 5.75 Å². The second kappa shape index (κ2) is 7.66. The highest BCUT2D eigenvalue weighted by molar-refractivity contribution is 6.31. The van der Waals surface area contributed by atoms with Crippen LogP contribution < -0.4 is 10.1 Å². The summed E-state index contributed by atoms with van der Waals surface area (Å²) in [6.07, 6.45) is 0. The van der Waals surface area contributed by atoms with E-state index in [0.717, 1.165) is 0 Å². The molecule has 0 saturated carbocycles. The monoisotopic (exact) mass is 363 g/mol. The zero-order valence-electron chi connectivity index (χ0n) is 14.2. The highest BCUT2D eigenvalue weighted by Crippen LogP contribution is 2.28. The molecule has 0 heterocycles. The Labute approximate surface area is 150 Å². The number of halogens is 2. The van der Waals surface area contributed by atoms with Gasteiger partial charge in [0.25, 0.3) is 5.91 Å². The summed E-state index contributed by atoms with van der Waals surface area (Å²) in [5.41, 5.74) is 0.391. The smallest absolute Gasteiger partial charge is 0.258 e. The summed E-state index contributed by atoms with van der Waals surface area (Å²) < 4.78 is 18.6. The van der Waals surface area contributed by atoms with Gasteiger partial charge in [0.1, 0.15) is 11.6 Å². The molecule has 0 saturated heterocycles. The number of ketones is 1. The van der Waals surface area contributed by atoms with Crippen molar-refractivity contribution in [1.29, 1.82) is 0 Å². The topological polar surface area (TPSA) is 55.4 Å². The van der Waals surface area contributed by atoms with Crippen LogP contribution in [0, 0.1) is 5.82 Å². The van der Waals surface area contributed by atoms with Crippen molar-refractivity contribution in [2.24, 2.45) is 0 Å². The minimum Gasteiger partial charge on any atom is -0.484 e. The van der Waals surface area contributed by atoms with E-state index in [4.69, 9.17) is 16.3 Å². The van der Waals surface area contributed by atoms with Gasteiger partial charge in [0.05, 0.1) is 5.54 Å². The molecule has 25 heavy (non-hydrogen) atoms. The largest absolute Gasteiger partial charge is 0.484 e. The Morgan fingerprint density at radius 2 is 1.80 bits per heavy atom. The van der Waals surface area contributed by atoms with Gasteiger partial charge in [0.2, 0.25) is 0 Å². The predicted octanol–water partition coefficient (Wildman–Crippen LogP) is 4.11. The minimum absolute atomic E-state index is 0.0396. The van der Waals surface area contributed by atoms with Crippen LogP contribution in [0.3, 0.4) is 0 Å². The number of ether oxygens (including phenoxy) is 1. The maximum absolute atomic E-state index is 13.2. The summed E-state index contributed by atoms with van der Waals surface area (Å²) >= 11 is 6.06. The van der Waals surface area contributed by atoms with Gasteiger partial charge in [-0.1, -0.05) is 17.7 Å². The van der Waals surface area contributed by atoms with Crippen molar-refractivity contribution in [2.45, 2.75) is 26.3 Å². The summed E-state index contributed by atoms with van der Waals surface area (Å²) in [7, 11) is 0. The molecule has 6 heteroatoms. The van der Waals surface area contributed by atoms with Crippen LogP contribution in [0.25, 0.3) is 0 Å².